The van der Waals surface area contributed by atoms with Crippen LogP contribution >= 0.6 is 0 Å². The molecule has 1 aromatic carbocycles. The number of nitrogens with two attached hydrogens (primary N) is 1. The maximum absolute atomic E-state index is 11.5. The van der Waals surface area contributed by atoms with Gasteiger partial charge in [0.25, 0.3) is 0 Å². The third kappa shape index (κ3) is 1.89. The monoisotopic (exact) mass is 261 g/mol. The lowest BCUT2D eigenvalue weighted by atomic mass is 9.96. The molecule has 5 nitrogen and oxygen atoms in total. The van der Waals surface area contributed by atoms with Crippen LogP contribution in [0.15, 0.2) is 27.4 Å². The Balaban J connectivity index is 2.14. The van der Waals surface area contributed by atoms with Crippen LogP contribution in [0.3, 0.4) is 0 Å². The molecule has 1 aromatic heterocycles. The highest BCUT2D eigenvalue weighted by Crippen LogP contribution is 2.46. The Labute approximate surface area is 111 Å². The fraction of sp³-hybridized carbons (Fsp3) is 0.500. The van der Waals surface area contributed by atoms with E-state index in [0.29, 0.717) is 5.58 Å². The van der Waals surface area contributed by atoms with Gasteiger partial charge >= 0.3 is 5.76 Å². The van der Waals surface area contributed by atoms with Crippen LogP contribution in [0.1, 0.15) is 24.4 Å². The Morgan fingerprint density at radius 3 is 2.68 bits per heavy atom. The number of oxazole rings is 1. The number of hydrogen-bond acceptors (Lipinski definition) is 4. The molecule has 1 aliphatic carbocycles. The fourth-order valence-corrected chi connectivity index (χ4v) is 2.88. The summed E-state index contributed by atoms with van der Waals surface area (Å²) in [6.45, 7) is 0. The van der Waals surface area contributed by atoms with E-state index in [0.717, 1.165) is 23.9 Å². The highest BCUT2D eigenvalue weighted by Gasteiger charge is 2.47. The predicted molar refractivity (Wildman–Crippen MR) is 74.0 cm³/mol. The van der Waals surface area contributed by atoms with Crippen LogP contribution in [0.25, 0.3) is 11.1 Å². The molecule has 1 heterocycles. The van der Waals surface area contributed by atoms with Gasteiger partial charge in [0.05, 0.1) is 11.6 Å². The van der Waals surface area contributed by atoms with E-state index in [4.69, 9.17) is 10.2 Å². The molecule has 2 N–H and O–H groups in total. The highest BCUT2D eigenvalue weighted by molar-refractivity contribution is 5.74. The number of likely N-dealkylation sites (N-methyl/N-ethyl adjacent to an activating group) is 1. The van der Waals surface area contributed by atoms with E-state index >= 15 is 0 Å². The van der Waals surface area contributed by atoms with Crippen molar-refractivity contribution in [2.24, 2.45) is 12.8 Å². The molecule has 0 spiro atoms. The lowest BCUT2D eigenvalue weighted by Crippen LogP contribution is -2.39. The molecule has 102 valence electrons. The molecule has 0 amide bonds. The van der Waals surface area contributed by atoms with Crippen molar-refractivity contribution in [2.75, 3.05) is 14.1 Å². The van der Waals surface area contributed by atoms with E-state index in [2.05, 4.69) is 4.90 Å². The largest absolute Gasteiger partial charge is 0.419 e. The summed E-state index contributed by atoms with van der Waals surface area (Å²) in [6.07, 6.45) is 2.08. The molecule has 1 fully saturated rings. The van der Waals surface area contributed by atoms with E-state index in [1.165, 1.54) is 4.57 Å². The minimum Gasteiger partial charge on any atom is -0.408 e. The number of nitrogens with zero attached hydrogens (tertiary/aromatic N) is 2. The summed E-state index contributed by atoms with van der Waals surface area (Å²) in [4.78, 5) is 13.7. The third-order valence-corrected chi connectivity index (χ3v) is 4.02. The van der Waals surface area contributed by atoms with Gasteiger partial charge in [0.1, 0.15) is 0 Å². The normalized spacial score (nSPS) is 19.0. The summed E-state index contributed by atoms with van der Waals surface area (Å²) in [5.41, 5.74) is 8.81. The average Bonchev–Trinajstić information content (AvgIpc) is 3.01. The first kappa shape index (κ1) is 12.4. The molecule has 1 saturated carbocycles. The molecular weight excluding hydrogens is 242 g/mol. The third-order valence-electron chi connectivity index (χ3n) is 4.02. The van der Waals surface area contributed by atoms with Crippen LogP contribution in [0.4, 0.5) is 0 Å². The van der Waals surface area contributed by atoms with Crippen molar-refractivity contribution in [3.8, 4) is 0 Å². The van der Waals surface area contributed by atoms with Crippen molar-refractivity contribution in [3.63, 3.8) is 0 Å². The Bertz CT molecular complexity index is 680. The van der Waals surface area contributed by atoms with Gasteiger partial charge in [-0.15, -0.1) is 0 Å². The van der Waals surface area contributed by atoms with Gasteiger partial charge in [-0.3, -0.25) is 4.57 Å². The summed E-state index contributed by atoms with van der Waals surface area (Å²) in [5.74, 6) is -0.331. The summed E-state index contributed by atoms with van der Waals surface area (Å²) < 4.78 is 6.69. The minimum absolute atomic E-state index is 0.139. The second-order valence-electron chi connectivity index (χ2n) is 5.75. The quantitative estimate of drug-likeness (QED) is 0.902. The Morgan fingerprint density at radius 1 is 1.42 bits per heavy atom. The molecule has 1 unspecified atom stereocenters. The van der Waals surface area contributed by atoms with Crippen molar-refractivity contribution in [3.05, 3.63) is 34.3 Å². The molecule has 0 radical (unpaired) electrons. The number of hydrogen-bond donors (Lipinski definition) is 1. The number of aryl methyl sites for hydroxylation is 1. The zero-order chi connectivity index (χ0) is 13.8. The molecule has 19 heavy (non-hydrogen) atoms. The average molecular weight is 261 g/mol. The van der Waals surface area contributed by atoms with Crippen LogP contribution in [-0.2, 0) is 7.05 Å². The van der Waals surface area contributed by atoms with E-state index in [1.807, 2.05) is 32.3 Å². The van der Waals surface area contributed by atoms with Crippen molar-refractivity contribution in [2.45, 2.75) is 24.4 Å². The molecule has 1 atom stereocenters. The zero-order valence-electron chi connectivity index (χ0n) is 11.5. The molecule has 2 aromatic rings. The summed E-state index contributed by atoms with van der Waals surface area (Å²) in [7, 11) is 5.80. The van der Waals surface area contributed by atoms with Crippen molar-refractivity contribution >= 4 is 11.1 Å². The van der Waals surface area contributed by atoms with Crippen molar-refractivity contribution in [1.82, 2.24) is 9.47 Å². The molecule has 0 saturated heterocycles. The first-order valence-electron chi connectivity index (χ1n) is 6.47. The minimum atomic E-state index is -0.331. The van der Waals surface area contributed by atoms with E-state index in [9.17, 15) is 4.79 Å². The molecule has 3 rings (SSSR count). The first-order valence-corrected chi connectivity index (χ1v) is 6.47. The summed E-state index contributed by atoms with van der Waals surface area (Å²) in [6, 6.07) is 6.04. The van der Waals surface area contributed by atoms with Gasteiger partial charge in [-0.25, -0.2) is 4.79 Å². The van der Waals surface area contributed by atoms with E-state index in [-0.39, 0.29) is 17.3 Å². The van der Waals surface area contributed by atoms with Gasteiger partial charge in [0.15, 0.2) is 5.58 Å². The van der Waals surface area contributed by atoms with Gasteiger partial charge in [-0.1, -0.05) is 6.07 Å². The van der Waals surface area contributed by atoms with Gasteiger partial charge in [0, 0.05) is 12.6 Å². The molecule has 1 aliphatic rings. The summed E-state index contributed by atoms with van der Waals surface area (Å²) in [5, 5.41) is 0. The first-order chi connectivity index (χ1) is 8.92. The van der Waals surface area contributed by atoms with Gasteiger partial charge in [-0.2, -0.15) is 0 Å². The van der Waals surface area contributed by atoms with Crippen molar-refractivity contribution in [1.29, 1.82) is 0 Å². The van der Waals surface area contributed by atoms with Gasteiger partial charge in [-0.05, 0) is 44.6 Å². The smallest absolute Gasteiger partial charge is 0.408 e. The lowest BCUT2D eigenvalue weighted by Gasteiger charge is -2.30. The number of benzene rings is 1. The lowest BCUT2D eigenvalue weighted by molar-refractivity contribution is 0.246. The van der Waals surface area contributed by atoms with Crippen LogP contribution in [0.2, 0.25) is 0 Å². The summed E-state index contributed by atoms with van der Waals surface area (Å²) >= 11 is 0. The molecule has 5 heteroatoms. The standard InChI is InChI=1S/C14H19N3O2/c1-16(2)12(14(15)6-7-14)9-4-5-11-10(8-9)17(3)13(18)19-11/h4-5,8,12H,6-7,15H2,1-3H3. The number of rotatable bonds is 3. The second kappa shape index (κ2) is 3.95. The van der Waals surface area contributed by atoms with Gasteiger partial charge < -0.3 is 15.1 Å². The van der Waals surface area contributed by atoms with Crippen LogP contribution in [-0.4, -0.2) is 29.1 Å². The SMILES string of the molecule is CN(C)C(c1ccc2oc(=O)n(C)c2c1)C1(N)CC1. The topological polar surface area (TPSA) is 64.4 Å². The highest BCUT2D eigenvalue weighted by atomic mass is 16.4. The molecule has 0 aliphatic heterocycles. The Hall–Kier alpha value is -1.59. The maximum Gasteiger partial charge on any atom is 0.419 e. The number of fused-ring (bicyclic) bond motifs is 1. The zero-order valence-corrected chi connectivity index (χ0v) is 11.5. The van der Waals surface area contributed by atoms with E-state index < -0.39 is 0 Å². The van der Waals surface area contributed by atoms with Crippen LogP contribution < -0.4 is 11.5 Å². The van der Waals surface area contributed by atoms with E-state index in [1.54, 1.807) is 7.05 Å². The maximum atomic E-state index is 11.5. The second-order valence-corrected chi connectivity index (χ2v) is 5.75. The van der Waals surface area contributed by atoms with Crippen molar-refractivity contribution < 1.29 is 4.42 Å². The molecule has 0 bridgehead atoms. The fourth-order valence-electron chi connectivity index (χ4n) is 2.88. The molecular formula is C14H19N3O2. The van der Waals surface area contributed by atoms with Gasteiger partial charge in [0.2, 0.25) is 0 Å². The predicted octanol–water partition coefficient (Wildman–Crippen LogP) is 1.23. The number of aromatic nitrogens is 1. The Morgan fingerprint density at radius 2 is 2.11 bits per heavy atom. The van der Waals surface area contributed by atoms with Crippen LogP contribution in [0.5, 0.6) is 0 Å². The van der Waals surface area contributed by atoms with Crippen LogP contribution in [0, 0.1) is 0 Å². The Kier molecular flexibility index (Phi) is 2.59.